The summed E-state index contributed by atoms with van der Waals surface area (Å²) in [5.74, 6) is 0.127. The number of ether oxygens (including phenoxy) is 1. The van der Waals surface area contributed by atoms with Crippen molar-refractivity contribution in [2.45, 2.75) is 57.8 Å². The Morgan fingerprint density at radius 1 is 1.05 bits per heavy atom. The molecule has 2 rings (SSSR count). The molecule has 0 radical (unpaired) electrons. The average Bonchev–Trinajstić information content (AvgIpc) is 2.47. The van der Waals surface area contributed by atoms with Gasteiger partial charge in [0.2, 0.25) is 0 Å². The molecule has 0 atom stereocenters. The number of carboxylic acids is 1. The maximum absolute atomic E-state index is 10.4. The van der Waals surface area contributed by atoms with Gasteiger partial charge in [-0.25, -0.2) is 0 Å². The fourth-order valence-electron chi connectivity index (χ4n) is 2.79. The van der Waals surface area contributed by atoms with Crippen LogP contribution in [0.4, 0.5) is 0 Å². The molecule has 0 aromatic heterocycles. The topological polar surface area (TPSA) is 46.5 Å². The molecule has 0 bridgehead atoms. The number of hydrogen-bond donors (Lipinski definition) is 1. The molecule has 1 aliphatic rings. The molecule has 1 aromatic rings. The van der Waals surface area contributed by atoms with Gasteiger partial charge in [-0.3, -0.25) is 4.79 Å². The molecule has 3 nitrogen and oxygen atoms in total. The van der Waals surface area contributed by atoms with Gasteiger partial charge in [-0.05, 0) is 61.8 Å². The van der Waals surface area contributed by atoms with Crippen LogP contribution in [0.15, 0.2) is 30.3 Å². The third kappa shape index (κ3) is 5.92. The standard InChI is InChI=1S/C19H26O3/c20-19(21)10-6-7-15-22-18-13-11-17(12-14-18)16-8-4-2-1-3-5-9-16/h8,11-14H,1-7,9-10,15H2,(H,20,21)/b16-8+. The predicted molar refractivity (Wildman–Crippen MR) is 89.1 cm³/mol. The minimum atomic E-state index is -0.739. The molecule has 0 aliphatic heterocycles. The summed E-state index contributed by atoms with van der Waals surface area (Å²) in [4.78, 5) is 10.4. The van der Waals surface area contributed by atoms with E-state index >= 15 is 0 Å². The van der Waals surface area contributed by atoms with Crippen molar-refractivity contribution in [3.05, 3.63) is 35.9 Å². The van der Waals surface area contributed by atoms with E-state index in [0.29, 0.717) is 13.0 Å². The Morgan fingerprint density at radius 3 is 2.59 bits per heavy atom. The number of benzene rings is 1. The zero-order valence-corrected chi connectivity index (χ0v) is 13.2. The van der Waals surface area contributed by atoms with E-state index in [4.69, 9.17) is 9.84 Å². The Morgan fingerprint density at radius 2 is 1.82 bits per heavy atom. The summed E-state index contributed by atoms with van der Waals surface area (Å²) >= 11 is 0. The lowest BCUT2D eigenvalue weighted by atomic mass is 9.95. The van der Waals surface area contributed by atoms with Crippen LogP contribution in [0, 0.1) is 0 Å². The van der Waals surface area contributed by atoms with Gasteiger partial charge in [-0.15, -0.1) is 0 Å². The first-order valence-electron chi connectivity index (χ1n) is 8.40. The summed E-state index contributed by atoms with van der Waals surface area (Å²) in [6.45, 7) is 0.579. The summed E-state index contributed by atoms with van der Waals surface area (Å²) in [5, 5.41) is 8.58. The molecule has 0 saturated heterocycles. The Labute approximate surface area is 133 Å². The predicted octanol–water partition coefficient (Wildman–Crippen LogP) is 5.06. The lowest BCUT2D eigenvalue weighted by Crippen LogP contribution is -2.00. The van der Waals surface area contributed by atoms with E-state index in [1.165, 1.54) is 49.7 Å². The van der Waals surface area contributed by atoms with Crippen LogP contribution in [0.3, 0.4) is 0 Å². The Kier molecular flexibility index (Phi) is 7.01. The van der Waals surface area contributed by atoms with E-state index in [2.05, 4.69) is 18.2 Å². The second-order valence-corrected chi connectivity index (χ2v) is 5.91. The van der Waals surface area contributed by atoms with E-state index in [1.807, 2.05) is 12.1 Å². The number of carbonyl (C=O) groups is 1. The fourth-order valence-corrected chi connectivity index (χ4v) is 2.79. The molecular weight excluding hydrogens is 276 g/mol. The minimum Gasteiger partial charge on any atom is -0.494 e. The van der Waals surface area contributed by atoms with E-state index in [0.717, 1.165) is 12.2 Å². The highest BCUT2D eigenvalue weighted by Gasteiger charge is 2.05. The number of hydrogen-bond acceptors (Lipinski definition) is 2. The highest BCUT2D eigenvalue weighted by Crippen LogP contribution is 2.26. The summed E-state index contributed by atoms with van der Waals surface area (Å²) in [6, 6.07) is 8.32. The molecule has 0 fully saturated rings. The van der Waals surface area contributed by atoms with Crippen molar-refractivity contribution in [2.24, 2.45) is 0 Å². The molecule has 120 valence electrons. The van der Waals surface area contributed by atoms with Crippen LogP contribution in [0.5, 0.6) is 5.75 Å². The quantitative estimate of drug-likeness (QED) is 0.716. The molecule has 0 unspecified atom stereocenters. The highest BCUT2D eigenvalue weighted by molar-refractivity contribution is 5.66. The lowest BCUT2D eigenvalue weighted by molar-refractivity contribution is -0.137. The Hall–Kier alpha value is -1.77. The Bertz CT molecular complexity index is 488. The first-order valence-corrected chi connectivity index (χ1v) is 8.40. The maximum atomic E-state index is 10.4. The second kappa shape index (κ2) is 9.29. The molecular formula is C19H26O3. The molecule has 0 heterocycles. The summed E-state index contributed by atoms with van der Waals surface area (Å²) in [7, 11) is 0. The molecule has 1 aromatic carbocycles. The van der Waals surface area contributed by atoms with Crippen LogP contribution < -0.4 is 4.74 Å². The van der Waals surface area contributed by atoms with Gasteiger partial charge >= 0.3 is 5.97 Å². The van der Waals surface area contributed by atoms with Crippen molar-refractivity contribution < 1.29 is 14.6 Å². The third-order valence-corrected chi connectivity index (χ3v) is 4.07. The van der Waals surface area contributed by atoms with Gasteiger partial charge in [0.1, 0.15) is 5.75 Å². The average molecular weight is 302 g/mol. The molecule has 22 heavy (non-hydrogen) atoms. The van der Waals surface area contributed by atoms with E-state index < -0.39 is 5.97 Å². The number of allylic oxidation sites excluding steroid dienone is 2. The SMILES string of the molecule is O=C(O)CCCCOc1ccc(/C2=C/CCCCCC2)cc1. The molecule has 0 amide bonds. The van der Waals surface area contributed by atoms with Crippen molar-refractivity contribution in [1.29, 1.82) is 0 Å². The molecule has 1 aliphatic carbocycles. The van der Waals surface area contributed by atoms with Crippen molar-refractivity contribution in [2.75, 3.05) is 6.61 Å². The minimum absolute atomic E-state index is 0.219. The van der Waals surface area contributed by atoms with Crippen LogP contribution in [-0.2, 0) is 4.79 Å². The first-order chi connectivity index (χ1) is 10.8. The van der Waals surface area contributed by atoms with Crippen molar-refractivity contribution >= 4 is 11.5 Å². The third-order valence-electron chi connectivity index (χ3n) is 4.07. The molecule has 0 saturated carbocycles. The fraction of sp³-hybridized carbons (Fsp3) is 0.526. The smallest absolute Gasteiger partial charge is 0.303 e. The van der Waals surface area contributed by atoms with Crippen LogP contribution in [0.2, 0.25) is 0 Å². The number of aliphatic carboxylic acids is 1. The van der Waals surface area contributed by atoms with Gasteiger partial charge in [-0.2, -0.15) is 0 Å². The van der Waals surface area contributed by atoms with Crippen LogP contribution in [-0.4, -0.2) is 17.7 Å². The normalized spacial score (nSPS) is 17.9. The van der Waals surface area contributed by atoms with Crippen molar-refractivity contribution in [3.8, 4) is 5.75 Å². The summed E-state index contributed by atoms with van der Waals surface area (Å²) in [5.41, 5.74) is 2.77. The highest BCUT2D eigenvalue weighted by atomic mass is 16.5. The molecule has 0 spiro atoms. The Balaban J connectivity index is 1.80. The molecule has 1 N–H and O–H groups in total. The van der Waals surface area contributed by atoms with Crippen molar-refractivity contribution in [1.82, 2.24) is 0 Å². The van der Waals surface area contributed by atoms with Crippen molar-refractivity contribution in [3.63, 3.8) is 0 Å². The number of unbranched alkanes of at least 4 members (excludes halogenated alkanes) is 1. The van der Waals surface area contributed by atoms with Gasteiger partial charge in [0.05, 0.1) is 6.61 Å². The van der Waals surface area contributed by atoms with E-state index in [9.17, 15) is 4.79 Å². The van der Waals surface area contributed by atoms with Gasteiger partial charge in [-0.1, -0.05) is 31.1 Å². The van der Waals surface area contributed by atoms with Crippen LogP contribution in [0.1, 0.15) is 63.4 Å². The monoisotopic (exact) mass is 302 g/mol. The van der Waals surface area contributed by atoms with Gasteiger partial charge < -0.3 is 9.84 Å². The lowest BCUT2D eigenvalue weighted by Gasteiger charge is -2.12. The summed E-state index contributed by atoms with van der Waals surface area (Å²) in [6.07, 6.45) is 11.7. The molecule has 3 heteroatoms. The number of carboxylic acid groups (broad SMARTS) is 1. The van der Waals surface area contributed by atoms with E-state index in [1.54, 1.807) is 0 Å². The van der Waals surface area contributed by atoms with Gasteiger partial charge in [0, 0.05) is 6.42 Å². The zero-order valence-electron chi connectivity index (χ0n) is 13.2. The summed E-state index contributed by atoms with van der Waals surface area (Å²) < 4.78 is 5.66. The maximum Gasteiger partial charge on any atom is 0.303 e. The zero-order chi connectivity index (χ0) is 15.6. The van der Waals surface area contributed by atoms with Crippen LogP contribution >= 0.6 is 0 Å². The number of rotatable bonds is 7. The first kappa shape index (κ1) is 16.6. The van der Waals surface area contributed by atoms with E-state index in [-0.39, 0.29) is 6.42 Å². The largest absolute Gasteiger partial charge is 0.494 e. The van der Waals surface area contributed by atoms with Gasteiger partial charge in [0.25, 0.3) is 0 Å². The van der Waals surface area contributed by atoms with Gasteiger partial charge in [0.15, 0.2) is 0 Å². The second-order valence-electron chi connectivity index (χ2n) is 5.91. The van der Waals surface area contributed by atoms with Crippen LogP contribution in [0.25, 0.3) is 5.57 Å².